The second-order valence-electron chi connectivity index (χ2n) is 5.26. The first-order chi connectivity index (χ1) is 9.20. The van der Waals surface area contributed by atoms with Gasteiger partial charge in [0.05, 0.1) is 16.4 Å². The minimum atomic E-state index is 0.106. The van der Waals surface area contributed by atoms with Crippen LogP contribution in [0.25, 0.3) is 0 Å². The van der Waals surface area contributed by atoms with Gasteiger partial charge in [0.2, 0.25) is 0 Å². The van der Waals surface area contributed by atoms with Crippen LogP contribution in [-0.4, -0.2) is 9.78 Å². The third-order valence-electron chi connectivity index (χ3n) is 3.49. The normalized spacial score (nSPS) is 12.8. The van der Waals surface area contributed by atoms with Crippen molar-refractivity contribution in [2.45, 2.75) is 77.8 Å². The summed E-state index contributed by atoms with van der Waals surface area (Å²) in [4.78, 5) is 0. The van der Waals surface area contributed by atoms with Crippen LogP contribution in [0.4, 0.5) is 0 Å². The Morgan fingerprint density at radius 3 is 2.53 bits per heavy atom. The molecule has 0 radical (unpaired) electrons. The molecule has 0 bridgehead atoms. The van der Waals surface area contributed by atoms with Crippen LogP contribution in [0.15, 0.2) is 10.7 Å². The van der Waals surface area contributed by atoms with Crippen molar-refractivity contribution >= 4 is 15.9 Å². The summed E-state index contributed by atoms with van der Waals surface area (Å²) in [5.74, 6) is 0. The van der Waals surface area contributed by atoms with Crippen LogP contribution in [0, 0.1) is 0 Å². The summed E-state index contributed by atoms with van der Waals surface area (Å²) < 4.78 is 3.10. The van der Waals surface area contributed by atoms with E-state index in [2.05, 4.69) is 34.9 Å². The van der Waals surface area contributed by atoms with Crippen molar-refractivity contribution in [1.82, 2.24) is 9.78 Å². The van der Waals surface area contributed by atoms with Gasteiger partial charge < -0.3 is 5.73 Å². The fraction of sp³-hybridized carbons (Fsp3) is 0.800. The average molecular weight is 330 g/mol. The third kappa shape index (κ3) is 5.65. The Labute approximate surface area is 126 Å². The molecule has 0 saturated heterocycles. The van der Waals surface area contributed by atoms with Gasteiger partial charge in [-0.1, -0.05) is 52.4 Å². The number of rotatable bonds is 10. The molecule has 0 amide bonds. The first-order valence-electron chi connectivity index (χ1n) is 7.67. The molecule has 2 N–H and O–H groups in total. The zero-order chi connectivity index (χ0) is 14.1. The van der Waals surface area contributed by atoms with E-state index in [4.69, 9.17) is 5.73 Å². The van der Waals surface area contributed by atoms with E-state index in [1.807, 2.05) is 10.9 Å². The summed E-state index contributed by atoms with van der Waals surface area (Å²) in [5, 5.41) is 4.39. The predicted octanol–water partition coefficient (Wildman–Crippen LogP) is 4.81. The Morgan fingerprint density at radius 2 is 1.84 bits per heavy atom. The van der Waals surface area contributed by atoms with Gasteiger partial charge in [-0.25, -0.2) is 0 Å². The second kappa shape index (κ2) is 9.54. The minimum absolute atomic E-state index is 0.106. The van der Waals surface area contributed by atoms with Crippen molar-refractivity contribution in [2.75, 3.05) is 0 Å². The summed E-state index contributed by atoms with van der Waals surface area (Å²) in [7, 11) is 0. The highest BCUT2D eigenvalue weighted by molar-refractivity contribution is 9.10. The molecule has 3 nitrogen and oxygen atoms in total. The van der Waals surface area contributed by atoms with Crippen LogP contribution < -0.4 is 5.73 Å². The predicted molar refractivity (Wildman–Crippen MR) is 85.1 cm³/mol. The number of unbranched alkanes of at least 4 members (excludes halogenated alkanes) is 5. The average Bonchev–Trinajstić information content (AvgIpc) is 2.75. The van der Waals surface area contributed by atoms with Gasteiger partial charge in [-0.05, 0) is 28.8 Å². The Kier molecular flexibility index (Phi) is 8.38. The van der Waals surface area contributed by atoms with Gasteiger partial charge in [0, 0.05) is 12.6 Å². The summed E-state index contributed by atoms with van der Waals surface area (Å²) >= 11 is 3.57. The molecule has 0 aliphatic rings. The van der Waals surface area contributed by atoms with Gasteiger partial charge in [-0.15, -0.1) is 0 Å². The number of aryl methyl sites for hydroxylation is 1. The topological polar surface area (TPSA) is 43.8 Å². The van der Waals surface area contributed by atoms with Crippen LogP contribution in [0.3, 0.4) is 0 Å². The second-order valence-corrected chi connectivity index (χ2v) is 6.12. The smallest absolute Gasteiger partial charge is 0.0693 e. The van der Waals surface area contributed by atoms with E-state index in [1.54, 1.807) is 0 Å². The van der Waals surface area contributed by atoms with E-state index < -0.39 is 0 Å². The molecule has 0 aliphatic carbocycles. The molecule has 1 atom stereocenters. The molecule has 1 heterocycles. The molecule has 1 aromatic heterocycles. The molecule has 0 fully saturated rings. The van der Waals surface area contributed by atoms with Crippen LogP contribution in [0.5, 0.6) is 0 Å². The van der Waals surface area contributed by atoms with Crippen molar-refractivity contribution in [1.29, 1.82) is 0 Å². The van der Waals surface area contributed by atoms with Gasteiger partial charge in [-0.3, -0.25) is 4.68 Å². The van der Waals surface area contributed by atoms with Crippen molar-refractivity contribution in [3.05, 3.63) is 16.4 Å². The molecule has 4 heteroatoms. The third-order valence-corrected chi connectivity index (χ3v) is 4.10. The van der Waals surface area contributed by atoms with E-state index in [-0.39, 0.29) is 6.04 Å². The van der Waals surface area contributed by atoms with Crippen LogP contribution in [0.2, 0.25) is 0 Å². The highest BCUT2D eigenvalue weighted by Crippen LogP contribution is 2.25. The summed E-state index contributed by atoms with van der Waals surface area (Å²) in [5.41, 5.74) is 7.48. The number of hydrogen-bond acceptors (Lipinski definition) is 2. The van der Waals surface area contributed by atoms with Crippen molar-refractivity contribution in [2.24, 2.45) is 5.73 Å². The van der Waals surface area contributed by atoms with Gasteiger partial charge in [0.25, 0.3) is 0 Å². The van der Waals surface area contributed by atoms with Crippen LogP contribution >= 0.6 is 15.9 Å². The maximum absolute atomic E-state index is 6.32. The molecule has 0 spiro atoms. The van der Waals surface area contributed by atoms with E-state index in [0.717, 1.165) is 29.6 Å². The Balaban J connectivity index is 2.36. The lowest BCUT2D eigenvalue weighted by molar-refractivity contribution is 0.496. The molecule has 0 aliphatic heterocycles. The van der Waals surface area contributed by atoms with E-state index >= 15 is 0 Å². The largest absolute Gasteiger partial charge is 0.323 e. The molecule has 110 valence electrons. The van der Waals surface area contributed by atoms with E-state index in [9.17, 15) is 0 Å². The van der Waals surface area contributed by atoms with E-state index in [1.165, 1.54) is 38.5 Å². The summed E-state index contributed by atoms with van der Waals surface area (Å²) in [6.07, 6.45) is 11.9. The number of nitrogens with two attached hydrogens (primary N) is 1. The molecule has 19 heavy (non-hydrogen) atoms. The van der Waals surface area contributed by atoms with Gasteiger partial charge >= 0.3 is 0 Å². The van der Waals surface area contributed by atoms with Gasteiger partial charge in [-0.2, -0.15) is 5.10 Å². The molecule has 1 aromatic rings. The standard InChI is InChI=1S/C15H28BrN3/c1-3-5-6-7-8-9-10-14(17)15-13(16)12-18-19(15)11-4-2/h12,14H,3-11,17H2,1-2H3. The molecular weight excluding hydrogens is 302 g/mol. The number of aromatic nitrogens is 2. The highest BCUT2D eigenvalue weighted by atomic mass is 79.9. The number of halogens is 1. The Morgan fingerprint density at radius 1 is 1.16 bits per heavy atom. The van der Waals surface area contributed by atoms with Gasteiger partial charge in [0.15, 0.2) is 0 Å². The van der Waals surface area contributed by atoms with Crippen molar-refractivity contribution < 1.29 is 0 Å². The first-order valence-corrected chi connectivity index (χ1v) is 8.46. The molecule has 1 rings (SSSR count). The molecular formula is C15H28BrN3. The Hall–Kier alpha value is -0.350. The fourth-order valence-corrected chi connectivity index (χ4v) is 3.00. The molecule has 1 unspecified atom stereocenters. The SMILES string of the molecule is CCCCCCCCC(N)c1c(Br)cnn1CCC. The fourth-order valence-electron chi connectivity index (χ4n) is 2.41. The lowest BCUT2D eigenvalue weighted by atomic mass is 10.0. The van der Waals surface area contributed by atoms with Gasteiger partial charge in [0.1, 0.15) is 0 Å². The van der Waals surface area contributed by atoms with E-state index in [0.29, 0.717) is 0 Å². The molecule has 0 aromatic carbocycles. The zero-order valence-electron chi connectivity index (χ0n) is 12.4. The number of nitrogens with zero attached hydrogens (tertiary/aromatic N) is 2. The summed E-state index contributed by atoms with van der Waals surface area (Å²) in [6, 6.07) is 0.106. The quantitative estimate of drug-likeness (QED) is 0.626. The lowest BCUT2D eigenvalue weighted by Crippen LogP contribution is -2.17. The number of hydrogen-bond donors (Lipinski definition) is 1. The lowest BCUT2D eigenvalue weighted by Gasteiger charge is -2.14. The monoisotopic (exact) mass is 329 g/mol. The van der Waals surface area contributed by atoms with Crippen LogP contribution in [0.1, 0.15) is 76.9 Å². The zero-order valence-corrected chi connectivity index (χ0v) is 14.0. The molecule has 0 saturated carbocycles. The Bertz CT molecular complexity index is 349. The van der Waals surface area contributed by atoms with Crippen LogP contribution in [-0.2, 0) is 6.54 Å². The van der Waals surface area contributed by atoms with Crippen molar-refractivity contribution in [3.63, 3.8) is 0 Å². The highest BCUT2D eigenvalue weighted by Gasteiger charge is 2.15. The maximum atomic E-state index is 6.32. The maximum Gasteiger partial charge on any atom is 0.0693 e. The summed E-state index contributed by atoms with van der Waals surface area (Å²) in [6.45, 7) is 5.37. The minimum Gasteiger partial charge on any atom is -0.323 e. The first kappa shape index (κ1) is 16.7. The van der Waals surface area contributed by atoms with Crippen molar-refractivity contribution in [3.8, 4) is 0 Å².